The van der Waals surface area contributed by atoms with Crippen LogP contribution < -0.4 is 15.0 Å². The number of benzene rings is 1. The zero-order valence-corrected chi connectivity index (χ0v) is 12.8. The van der Waals surface area contributed by atoms with Crippen molar-refractivity contribution in [1.29, 1.82) is 0 Å². The van der Waals surface area contributed by atoms with Crippen LogP contribution in [0, 0.1) is 0 Å². The summed E-state index contributed by atoms with van der Waals surface area (Å²) in [5.41, 5.74) is 1.20. The molecule has 118 valence electrons. The van der Waals surface area contributed by atoms with E-state index < -0.39 is 6.10 Å². The Morgan fingerprint density at radius 1 is 1.45 bits per heavy atom. The number of carbonyl (C=O) groups excluding carboxylic acids is 2. The molecule has 1 aromatic carbocycles. The van der Waals surface area contributed by atoms with E-state index in [2.05, 4.69) is 5.32 Å². The summed E-state index contributed by atoms with van der Waals surface area (Å²) in [5.74, 6) is 0.302. The summed E-state index contributed by atoms with van der Waals surface area (Å²) in [5, 5.41) is 2.88. The fraction of sp³-hybridized carbons (Fsp3) is 0.500. The average Bonchev–Trinajstić information content (AvgIpc) is 3.03. The highest BCUT2D eigenvalue weighted by Crippen LogP contribution is 2.33. The molecule has 2 unspecified atom stereocenters. The molecule has 6 heteroatoms. The number of rotatable bonds is 3. The van der Waals surface area contributed by atoms with Crippen LogP contribution in [0.2, 0.25) is 0 Å². The molecule has 2 heterocycles. The topological polar surface area (TPSA) is 67.9 Å². The lowest BCUT2D eigenvalue weighted by Gasteiger charge is -2.30. The number of hydrogen-bond donors (Lipinski definition) is 1. The van der Waals surface area contributed by atoms with Crippen LogP contribution in [0.5, 0.6) is 5.75 Å². The van der Waals surface area contributed by atoms with E-state index in [9.17, 15) is 9.59 Å². The quantitative estimate of drug-likeness (QED) is 0.915. The van der Waals surface area contributed by atoms with Gasteiger partial charge in [0.25, 0.3) is 11.8 Å². The van der Waals surface area contributed by atoms with Crippen molar-refractivity contribution in [2.75, 3.05) is 25.1 Å². The van der Waals surface area contributed by atoms with Crippen LogP contribution >= 0.6 is 0 Å². The predicted molar refractivity (Wildman–Crippen MR) is 81.2 cm³/mol. The number of carbonyl (C=O) groups is 2. The molecule has 0 radical (unpaired) electrons. The molecule has 1 N–H and O–H groups in total. The Balaban J connectivity index is 1.71. The van der Waals surface area contributed by atoms with Crippen molar-refractivity contribution in [2.45, 2.75) is 32.0 Å². The molecule has 2 atom stereocenters. The molecule has 2 amide bonds. The highest BCUT2D eigenvalue weighted by molar-refractivity contribution is 6.01. The maximum Gasteiger partial charge on any atom is 0.267 e. The summed E-state index contributed by atoms with van der Waals surface area (Å²) in [6.45, 7) is 2.99. The molecule has 0 spiro atoms. The van der Waals surface area contributed by atoms with Crippen molar-refractivity contribution < 1.29 is 19.1 Å². The van der Waals surface area contributed by atoms with Gasteiger partial charge in [-0.05, 0) is 38.0 Å². The van der Waals surface area contributed by atoms with Crippen LogP contribution in [-0.4, -0.2) is 44.2 Å². The third-order valence-corrected chi connectivity index (χ3v) is 4.08. The zero-order valence-electron chi connectivity index (χ0n) is 12.8. The summed E-state index contributed by atoms with van der Waals surface area (Å²) >= 11 is 0. The van der Waals surface area contributed by atoms with Gasteiger partial charge in [0.15, 0.2) is 6.10 Å². The second-order valence-corrected chi connectivity index (χ2v) is 5.68. The molecule has 1 aromatic rings. The summed E-state index contributed by atoms with van der Waals surface area (Å²) in [6, 6.07) is 5.12. The van der Waals surface area contributed by atoms with Crippen molar-refractivity contribution in [2.24, 2.45) is 0 Å². The molecule has 2 aliphatic rings. The number of hydrogen-bond acceptors (Lipinski definition) is 4. The van der Waals surface area contributed by atoms with Gasteiger partial charge in [-0.2, -0.15) is 0 Å². The minimum atomic E-state index is -0.539. The first-order valence-corrected chi connectivity index (χ1v) is 7.54. The number of ether oxygens (including phenoxy) is 2. The van der Waals surface area contributed by atoms with Gasteiger partial charge < -0.3 is 19.7 Å². The van der Waals surface area contributed by atoms with E-state index in [1.165, 1.54) is 0 Å². The lowest BCUT2D eigenvalue weighted by atomic mass is 10.1. The Bertz CT molecular complexity index is 596. The lowest BCUT2D eigenvalue weighted by Crippen LogP contribution is -2.42. The lowest BCUT2D eigenvalue weighted by molar-refractivity contribution is -0.125. The number of fused-ring (bicyclic) bond motifs is 1. The largest absolute Gasteiger partial charge is 0.479 e. The van der Waals surface area contributed by atoms with E-state index in [1.807, 2.05) is 0 Å². The van der Waals surface area contributed by atoms with E-state index in [0.29, 0.717) is 23.5 Å². The Hall–Kier alpha value is -2.08. The molecule has 1 fully saturated rings. The fourth-order valence-corrected chi connectivity index (χ4v) is 2.77. The Morgan fingerprint density at radius 3 is 3.00 bits per heavy atom. The third-order valence-electron chi connectivity index (χ3n) is 4.08. The fourth-order valence-electron chi connectivity index (χ4n) is 2.77. The molecule has 0 bridgehead atoms. The minimum Gasteiger partial charge on any atom is -0.479 e. The molecule has 1 saturated heterocycles. The molecule has 6 nitrogen and oxygen atoms in total. The van der Waals surface area contributed by atoms with Gasteiger partial charge >= 0.3 is 0 Å². The molecule has 0 aliphatic carbocycles. The Labute approximate surface area is 129 Å². The molecule has 0 aromatic heterocycles. The smallest absolute Gasteiger partial charge is 0.267 e. The second kappa shape index (κ2) is 5.96. The number of nitrogens with zero attached hydrogens (tertiary/aromatic N) is 1. The van der Waals surface area contributed by atoms with Crippen LogP contribution in [0.3, 0.4) is 0 Å². The molecular weight excluding hydrogens is 284 g/mol. The number of likely N-dealkylation sites (N-methyl/N-ethyl adjacent to an activating group) is 1. The van der Waals surface area contributed by atoms with Crippen LogP contribution in [0.15, 0.2) is 18.2 Å². The highest BCUT2D eigenvalue weighted by atomic mass is 16.5. The molecule has 22 heavy (non-hydrogen) atoms. The van der Waals surface area contributed by atoms with E-state index in [0.717, 1.165) is 19.4 Å². The van der Waals surface area contributed by atoms with E-state index in [-0.39, 0.29) is 17.9 Å². The standard InChI is InChI=1S/C16H20N2O4/c1-10-16(20)18(2)13-6-5-11(8-14(13)22-10)15(19)17-9-12-4-3-7-21-12/h5-6,8,10,12H,3-4,7,9H2,1-2H3,(H,17,19). The van der Waals surface area contributed by atoms with Crippen molar-refractivity contribution in [3.63, 3.8) is 0 Å². The van der Waals surface area contributed by atoms with Crippen molar-refractivity contribution in [3.05, 3.63) is 23.8 Å². The molecular formula is C16H20N2O4. The zero-order chi connectivity index (χ0) is 15.7. The van der Waals surface area contributed by atoms with Crippen molar-refractivity contribution >= 4 is 17.5 Å². The van der Waals surface area contributed by atoms with Crippen molar-refractivity contribution in [1.82, 2.24) is 5.32 Å². The van der Waals surface area contributed by atoms with Gasteiger partial charge in [0.05, 0.1) is 11.8 Å². The number of amides is 2. The Kier molecular flexibility index (Phi) is 4.02. The van der Waals surface area contributed by atoms with Gasteiger partial charge in [-0.1, -0.05) is 0 Å². The van der Waals surface area contributed by atoms with Gasteiger partial charge in [-0.25, -0.2) is 0 Å². The first-order chi connectivity index (χ1) is 10.6. The number of anilines is 1. The monoisotopic (exact) mass is 304 g/mol. The van der Waals surface area contributed by atoms with Crippen LogP contribution in [-0.2, 0) is 9.53 Å². The van der Waals surface area contributed by atoms with Gasteiger partial charge in [0.1, 0.15) is 5.75 Å². The van der Waals surface area contributed by atoms with Gasteiger partial charge in [0.2, 0.25) is 0 Å². The first kappa shape index (κ1) is 14.8. The van der Waals surface area contributed by atoms with Gasteiger partial charge in [-0.15, -0.1) is 0 Å². The minimum absolute atomic E-state index is 0.0944. The first-order valence-electron chi connectivity index (χ1n) is 7.54. The van der Waals surface area contributed by atoms with E-state index in [4.69, 9.17) is 9.47 Å². The summed E-state index contributed by atoms with van der Waals surface area (Å²) in [7, 11) is 1.71. The normalized spacial score (nSPS) is 23.9. The molecule has 0 saturated carbocycles. The summed E-state index contributed by atoms with van der Waals surface area (Å²) < 4.78 is 11.1. The van der Waals surface area contributed by atoms with Gasteiger partial charge in [0, 0.05) is 25.8 Å². The average molecular weight is 304 g/mol. The van der Waals surface area contributed by atoms with Crippen LogP contribution in [0.1, 0.15) is 30.1 Å². The highest BCUT2D eigenvalue weighted by Gasteiger charge is 2.29. The molecule has 3 rings (SSSR count). The third kappa shape index (κ3) is 2.78. The predicted octanol–water partition coefficient (Wildman–Crippen LogP) is 1.34. The SMILES string of the molecule is CC1Oc2cc(C(=O)NCC3CCCO3)ccc2N(C)C1=O. The van der Waals surface area contributed by atoms with Crippen molar-refractivity contribution in [3.8, 4) is 5.75 Å². The van der Waals surface area contributed by atoms with E-state index >= 15 is 0 Å². The van der Waals surface area contributed by atoms with E-state index in [1.54, 1.807) is 37.1 Å². The second-order valence-electron chi connectivity index (χ2n) is 5.68. The van der Waals surface area contributed by atoms with Crippen LogP contribution in [0.25, 0.3) is 0 Å². The summed E-state index contributed by atoms with van der Waals surface area (Å²) in [6.07, 6.45) is 1.60. The molecule has 2 aliphatic heterocycles. The van der Waals surface area contributed by atoms with Crippen LogP contribution in [0.4, 0.5) is 5.69 Å². The van der Waals surface area contributed by atoms with Gasteiger partial charge in [-0.3, -0.25) is 9.59 Å². The Morgan fingerprint density at radius 2 is 2.27 bits per heavy atom. The maximum absolute atomic E-state index is 12.2. The summed E-state index contributed by atoms with van der Waals surface area (Å²) in [4.78, 5) is 25.6. The maximum atomic E-state index is 12.2. The number of nitrogens with one attached hydrogen (secondary N) is 1.